The maximum atomic E-state index is 12.3. The molecule has 4 nitrogen and oxygen atoms in total. The number of rotatable bonds is 2. The lowest BCUT2D eigenvalue weighted by Crippen LogP contribution is -2.12. The van der Waals surface area contributed by atoms with Crippen LogP contribution in [0.4, 0.5) is 5.69 Å². The van der Waals surface area contributed by atoms with Crippen LogP contribution in [0, 0.1) is 13.8 Å². The number of imidazole rings is 1. The predicted octanol–water partition coefficient (Wildman–Crippen LogP) is 3.97. The van der Waals surface area contributed by atoms with Crippen molar-refractivity contribution in [3.63, 3.8) is 0 Å². The molecule has 0 saturated carbocycles. The van der Waals surface area contributed by atoms with Crippen LogP contribution in [0.5, 0.6) is 0 Å². The maximum Gasteiger partial charge on any atom is 0.257 e. The van der Waals surface area contributed by atoms with Crippen LogP contribution < -0.4 is 5.32 Å². The summed E-state index contributed by atoms with van der Waals surface area (Å²) in [5, 5.41) is 2.90. The van der Waals surface area contributed by atoms with Gasteiger partial charge in [-0.05, 0) is 43.7 Å². The second-order valence-corrected chi connectivity index (χ2v) is 5.84. The highest BCUT2D eigenvalue weighted by molar-refractivity contribution is 9.10. The first-order chi connectivity index (χ1) is 10.0. The van der Waals surface area contributed by atoms with Crippen LogP contribution in [0.15, 0.2) is 47.2 Å². The van der Waals surface area contributed by atoms with Gasteiger partial charge in [0.05, 0.1) is 11.3 Å². The van der Waals surface area contributed by atoms with Crippen LogP contribution in [0.25, 0.3) is 5.65 Å². The number of carbonyl (C=O) groups is 1. The van der Waals surface area contributed by atoms with Crippen molar-refractivity contribution in [2.45, 2.75) is 13.8 Å². The van der Waals surface area contributed by atoms with Crippen molar-refractivity contribution in [3.8, 4) is 0 Å². The first-order valence-corrected chi connectivity index (χ1v) is 7.35. The lowest BCUT2D eigenvalue weighted by molar-refractivity contribution is 0.102. The molecule has 0 bridgehead atoms. The van der Waals surface area contributed by atoms with Crippen molar-refractivity contribution in [1.29, 1.82) is 0 Å². The fourth-order valence-corrected chi connectivity index (χ4v) is 2.51. The number of fused-ring (bicyclic) bond motifs is 1. The fourth-order valence-electron chi connectivity index (χ4n) is 2.13. The summed E-state index contributed by atoms with van der Waals surface area (Å²) < 4.78 is 2.83. The highest BCUT2D eigenvalue weighted by atomic mass is 79.9. The molecule has 0 aliphatic carbocycles. The van der Waals surface area contributed by atoms with Crippen molar-refractivity contribution >= 4 is 33.2 Å². The molecule has 0 saturated heterocycles. The molecule has 106 valence electrons. The van der Waals surface area contributed by atoms with E-state index in [1.807, 2.05) is 48.7 Å². The number of nitrogens with one attached hydrogen (secondary N) is 1. The zero-order valence-corrected chi connectivity index (χ0v) is 13.3. The van der Waals surface area contributed by atoms with Crippen LogP contribution >= 0.6 is 15.9 Å². The largest absolute Gasteiger partial charge is 0.322 e. The summed E-state index contributed by atoms with van der Waals surface area (Å²) in [6, 6.07) is 9.36. The Balaban J connectivity index is 1.87. The minimum atomic E-state index is -0.140. The van der Waals surface area contributed by atoms with Crippen LogP contribution in [0.3, 0.4) is 0 Å². The third-order valence-electron chi connectivity index (χ3n) is 3.26. The summed E-state index contributed by atoms with van der Waals surface area (Å²) in [5.74, 6) is -0.140. The molecule has 5 heteroatoms. The number of aryl methyl sites for hydroxylation is 2. The zero-order chi connectivity index (χ0) is 15.0. The minimum Gasteiger partial charge on any atom is -0.322 e. The Bertz CT molecular complexity index is 839. The smallest absolute Gasteiger partial charge is 0.257 e. The summed E-state index contributed by atoms with van der Waals surface area (Å²) in [7, 11) is 0. The quantitative estimate of drug-likeness (QED) is 0.765. The van der Waals surface area contributed by atoms with E-state index >= 15 is 0 Å². The minimum absolute atomic E-state index is 0.140. The van der Waals surface area contributed by atoms with Crippen LogP contribution in [-0.4, -0.2) is 15.3 Å². The number of hydrogen-bond donors (Lipinski definition) is 1. The number of anilines is 1. The molecular weight excluding hydrogens is 330 g/mol. The first-order valence-electron chi connectivity index (χ1n) is 6.56. The average molecular weight is 344 g/mol. The van der Waals surface area contributed by atoms with E-state index in [-0.39, 0.29) is 5.91 Å². The number of nitrogens with zero attached hydrogens (tertiary/aromatic N) is 2. The van der Waals surface area contributed by atoms with E-state index in [4.69, 9.17) is 0 Å². The van der Waals surface area contributed by atoms with Crippen molar-refractivity contribution < 1.29 is 4.79 Å². The Labute approximate surface area is 131 Å². The van der Waals surface area contributed by atoms with Gasteiger partial charge in [-0.1, -0.05) is 22.0 Å². The van der Waals surface area contributed by atoms with E-state index in [9.17, 15) is 4.79 Å². The van der Waals surface area contributed by atoms with Crippen LogP contribution in [0.2, 0.25) is 0 Å². The van der Waals surface area contributed by atoms with Gasteiger partial charge in [0.15, 0.2) is 0 Å². The number of halogens is 1. The highest BCUT2D eigenvalue weighted by Crippen LogP contribution is 2.21. The number of aromatic nitrogens is 2. The second kappa shape index (κ2) is 5.33. The number of amides is 1. The van der Waals surface area contributed by atoms with E-state index < -0.39 is 0 Å². The summed E-state index contributed by atoms with van der Waals surface area (Å²) in [6.45, 7) is 3.93. The molecular formula is C16H14BrN3O. The zero-order valence-electron chi connectivity index (χ0n) is 11.7. The molecule has 2 heterocycles. The van der Waals surface area contributed by atoms with Gasteiger partial charge in [0.2, 0.25) is 0 Å². The number of hydrogen-bond acceptors (Lipinski definition) is 2. The summed E-state index contributed by atoms with van der Waals surface area (Å²) in [6.07, 6.45) is 3.68. The van der Waals surface area contributed by atoms with Crippen LogP contribution in [-0.2, 0) is 0 Å². The average Bonchev–Trinajstić information content (AvgIpc) is 2.82. The molecule has 0 aliphatic heterocycles. The van der Waals surface area contributed by atoms with E-state index in [2.05, 4.69) is 26.2 Å². The highest BCUT2D eigenvalue weighted by Gasteiger charge is 2.08. The Morgan fingerprint density at radius 3 is 2.76 bits per heavy atom. The van der Waals surface area contributed by atoms with Gasteiger partial charge < -0.3 is 9.72 Å². The van der Waals surface area contributed by atoms with Crippen molar-refractivity contribution in [1.82, 2.24) is 9.38 Å². The SMILES string of the molecule is Cc1cn2cc(C(=O)Nc3ccc(C)c(Br)c3)ccc2n1. The van der Waals surface area contributed by atoms with Gasteiger partial charge in [0, 0.05) is 22.6 Å². The van der Waals surface area contributed by atoms with Crippen LogP contribution in [0.1, 0.15) is 21.6 Å². The van der Waals surface area contributed by atoms with Gasteiger partial charge in [-0.15, -0.1) is 0 Å². The van der Waals surface area contributed by atoms with Crippen molar-refractivity contribution in [3.05, 3.63) is 64.0 Å². The van der Waals surface area contributed by atoms with Gasteiger partial charge in [-0.25, -0.2) is 4.98 Å². The molecule has 0 unspecified atom stereocenters. The predicted molar refractivity (Wildman–Crippen MR) is 86.8 cm³/mol. The Morgan fingerprint density at radius 1 is 1.19 bits per heavy atom. The van der Waals surface area contributed by atoms with Gasteiger partial charge >= 0.3 is 0 Å². The van der Waals surface area contributed by atoms with Gasteiger partial charge in [0.1, 0.15) is 5.65 Å². The number of benzene rings is 1. The molecule has 1 N–H and O–H groups in total. The molecule has 0 aliphatic rings. The topological polar surface area (TPSA) is 46.4 Å². The Morgan fingerprint density at radius 2 is 2.00 bits per heavy atom. The standard InChI is InChI=1S/C16H14BrN3O/c1-10-3-5-13(7-14(10)17)19-16(21)12-4-6-15-18-11(2)8-20(15)9-12/h3-9H,1-2H3,(H,19,21). The summed E-state index contributed by atoms with van der Waals surface area (Å²) >= 11 is 3.46. The first kappa shape index (κ1) is 13.8. The van der Waals surface area contributed by atoms with Crippen molar-refractivity contribution in [2.75, 3.05) is 5.32 Å². The Kier molecular flexibility index (Phi) is 3.51. The van der Waals surface area contributed by atoms with E-state index in [0.717, 1.165) is 27.1 Å². The molecule has 0 atom stereocenters. The van der Waals surface area contributed by atoms with Crippen molar-refractivity contribution in [2.24, 2.45) is 0 Å². The molecule has 3 aromatic rings. The summed E-state index contributed by atoms with van der Waals surface area (Å²) in [5.41, 5.74) is 4.25. The molecule has 21 heavy (non-hydrogen) atoms. The lowest BCUT2D eigenvalue weighted by Gasteiger charge is -2.07. The normalized spacial score (nSPS) is 10.8. The Hall–Kier alpha value is -2.14. The molecule has 2 aromatic heterocycles. The van der Waals surface area contributed by atoms with E-state index in [1.165, 1.54) is 0 Å². The molecule has 1 aromatic carbocycles. The van der Waals surface area contributed by atoms with Gasteiger partial charge in [-0.3, -0.25) is 4.79 Å². The van der Waals surface area contributed by atoms with Gasteiger partial charge in [0.25, 0.3) is 5.91 Å². The second-order valence-electron chi connectivity index (χ2n) is 4.98. The van der Waals surface area contributed by atoms with E-state index in [0.29, 0.717) is 5.56 Å². The number of pyridine rings is 1. The van der Waals surface area contributed by atoms with E-state index in [1.54, 1.807) is 12.3 Å². The molecule has 1 amide bonds. The third-order valence-corrected chi connectivity index (χ3v) is 4.12. The molecule has 0 fully saturated rings. The molecule has 0 radical (unpaired) electrons. The van der Waals surface area contributed by atoms with Gasteiger partial charge in [-0.2, -0.15) is 0 Å². The lowest BCUT2D eigenvalue weighted by atomic mass is 10.2. The molecule has 0 spiro atoms. The number of carbonyl (C=O) groups excluding carboxylic acids is 1. The monoisotopic (exact) mass is 343 g/mol. The maximum absolute atomic E-state index is 12.3. The third kappa shape index (κ3) is 2.83. The fraction of sp³-hybridized carbons (Fsp3) is 0.125. The molecule has 3 rings (SSSR count). The summed E-state index contributed by atoms with van der Waals surface area (Å²) in [4.78, 5) is 16.6.